The first-order chi connectivity index (χ1) is 16.2. The average molecular weight is 525 g/mol. The van der Waals surface area contributed by atoms with E-state index in [1.165, 1.54) is 23.1 Å². The minimum Gasteiger partial charge on any atom is -0.472 e. The summed E-state index contributed by atoms with van der Waals surface area (Å²) in [6.45, 7) is -0.0976. The van der Waals surface area contributed by atoms with E-state index in [2.05, 4.69) is 10.6 Å². The molecule has 3 aromatic rings. The highest BCUT2D eigenvalue weighted by Gasteiger charge is 2.28. The summed E-state index contributed by atoms with van der Waals surface area (Å²) in [6.07, 6.45) is 0. The zero-order chi connectivity index (χ0) is 24.5. The van der Waals surface area contributed by atoms with Gasteiger partial charge < -0.3 is 15.4 Å². The number of carbonyl (C=O) groups is 2. The van der Waals surface area contributed by atoms with Crippen LogP contribution >= 0.6 is 22.9 Å². The molecule has 1 aromatic heterocycles. The van der Waals surface area contributed by atoms with Crippen molar-refractivity contribution in [3.05, 3.63) is 69.8 Å². The summed E-state index contributed by atoms with van der Waals surface area (Å²) in [5, 5.41) is 5.16. The summed E-state index contributed by atoms with van der Waals surface area (Å²) < 4.78 is 46.4. The van der Waals surface area contributed by atoms with Gasteiger partial charge in [0.05, 0.1) is 15.6 Å². The maximum Gasteiger partial charge on any atom is 0.328 e. The lowest BCUT2D eigenvalue weighted by Gasteiger charge is -2.29. The summed E-state index contributed by atoms with van der Waals surface area (Å²) >= 11 is 6.58. The second kappa shape index (κ2) is 9.49. The van der Waals surface area contributed by atoms with Gasteiger partial charge in [-0.25, -0.2) is 22.3 Å². The maximum absolute atomic E-state index is 14.2. The number of urea groups is 1. The number of sulfonamides is 1. The molecule has 13 heteroatoms. The van der Waals surface area contributed by atoms with E-state index in [4.69, 9.17) is 16.3 Å². The summed E-state index contributed by atoms with van der Waals surface area (Å²) in [6, 6.07) is 11.0. The van der Waals surface area contributed by atoms with Crippen LogP contribution in [0.5, 0.6) is 5.75 Å². The molecule has 3 amide bonds. The molecule has 0 saturated carbocycles. The third-order valence-corrected chi connectivity index (χ3v) is 7.93. The Morgan fingerprint density at radius 2 is 2.03 bits per heavy atom. The number of benzene rings is 2. The Kier molecular flexibility index (Phi) is 6.64. The number of rotatable bonds is 6. The lowest BCUT2D eigenvalue weighted by molar-refractivity contribution is 0.0936. The second-order valence-electron chi connectivity index (χ2n) is 7.10. The highest BCUT2D eigenvalue weighted by molar-refractivity contribution is 7.92. The Morgan fingerprint density at radius 3 is 2.74 bits per heavy atom. The van der Waals surface area contributed by atoms with Gasteiger partial charge in [0.15, 0.2) is 6.73 Å². The first-order valence-electron chi connectivity index (χ1n) is 9.79. The van der Waals surface area contributed by atoms with Crippen LogP contribution < -0.4 is 25.0 Å². The number of thiophene rings is 1. The summed E-state index contributed by atoms with van der Waals surface area (Å²) in [7, 11) is -2.48. The Hall–Kier alpha value is -3.35. The Labute approximate surface area is 203 Å². The number of hydrogen-bond donors (Lipinski definition) is 3. The van der Waals surface area contributed by atoms with Crippen molar-refractivity contribution in [3.63, 3.8) is 0 Å². The van der Waals surface area contributed by atoms with Crippen LogP contribution in [0.4, 0.5) is 20.6 Å². The van der Waals surface area contributed by atoms with Crippen LogP contribution in [0.15, 0.2) is 52.7 Å². The van der Waals surface area contributed by atoms with Crippen LogP contribution in [0.3, 0.4) is 0 Å². The predicted octanol–water partition coefficient (Wildman–Crippen LogP) is 3.77. The van der Waals surface area contributed by atoms with Gasteiger partial charge in [-0.3, -0.25) is 9.69 Å². The molecule has 2 aromatic carbocycles. The Bertz CT molecular complexity index is 1380. The van der Waals surface area contributed by atoms with E-state index in [1.807, 2.05) is 4.72 Å². The number of anilines is 2. The van der Waals surface area contributed by atoms with Crippen LogP contribution in [0.2, 0.25) is 4.34 Å². The van der Waals surface area contributed by atoms with Crippen molar-refractivity contribution in [2.75, 3.05) is 24.0 Å². The lowest BCUT2D eigenvalue weighted by atomic mass is 10.1. The molecule has 0 saturated heterocycles. The zero-order valence-corrected chi connectivity index (χ0v) is 20.0. The smallest absolute Gasteiger partial charge is 0.328 e. The quantitative estimate of drug-likeness (QED) is 0.452. The monoisotopic (exact) mass is 524 g/mol. The molecule has 0 aliphatic carbocycles. The molecule has 0 fully saturated rings. The van der Waals surface area contributed by atoms with Gasteiger partial charge in [-0.2, -0.15) is 0 Å². The minimum atomic E-state index is -4.05. The van der Waals surface area contributed by atoms with Crippen molar-refractivity contribution < 1.29 is 27.1 Å². The lowest BCUT2D eigenvalue weighted by Crippen LogP contribution is -2.39. The molecule has 4 rings (SSSR count). The topological polar surface area (TPSA) is 117 Å². The van der Waals surface area contributed by atoms with Gasteiger partial charge >= 0.3 is 6.03 Å². The fraction of sp³-hybridized carbons (Fsp3) is 0.143. The van der Waals surface area contributed by atoms with E-state index >= 15 is 0 Å². The largest absolute Gasteiger partial charge is 0.472 e. The van der Waals surface area contributed by atoms with E-state index < -0.39 is 27.8 Å². The van der Waals surface area contributed by atoms with Crippen LogP contribution in [0.25, 0.3) is 0 Å². The van der Waals surface area contributed by atoms with Crippen molar-refractivity contribution in [3.8, 4) is 5.75 Å². The van der Waals surface area contributed by atoms with Gasteiger partial charge in [-0.15, -0.1) is 11.3 Å². The number of nitrogens with one attached hydrogen (secondary N) is 3. The summed E-state index contributed by atoms with van der Waals surface area (Å²) in [5.74, 6) is -0.745. The molecule has 9 nitrogen and oxygen atoms in total. The number of hydrogen-bond acceptors (Lipinski definition) is 7. The highest BCUT2D eigenvalue weighted by atomic mass is 35.5. The predicted molar refractivity (Wildman–Crippen MR) is 127 cm³/mol. The van der Waals surface area contributed by atoms with Crippen LogP contribution in [-0.4, -0.2) is 34.1 Å². The molecule has 0 atom stereocenters. The molecule has 1 aliphatic rings. The zero-order valence-electron chi connectivity index (χ0n) is 17.6. The number of fused-ring (bicyclic) bond motifs is 1. The second-order valence-corrected chi connectivity index (χ2v) is 10.7. The first-order valence-corrected chi connectivity index (χ1v) is 12.5. The molecule has 0 spiro atoms. The van der Waals surface area contributed by atoms with Gasteiger partial charge in [-0.1, -0.05) is 23.7 Å². The molecule has 1 aliphatic heterocycles. The average Bonchev–Trinajstić information content (AvgIpc) is 3.25. The SMILES string of the molecule is CNc1cc2c(cc1F)C(=O)N(c1cccc(CNC(=O)NS(=O)(=O)c3ccc(Cl)s3)c1)CO2. The van der Waals surface area contributed by atoms with E-state index in [1.54, 1.807) is 31.3 Å². The van der Waals surface area contributed by atoms with Crippen molar-refractivity contribution >= 4 is 56.3 Å². The van der Waals surface area contributed by atoms with Crippen molar-refractivity contribution in [1.82, 2.24) is 10.0 Å². The van der Waals surface area contributed by atoms with Gasteiger partial charge in [0.25, 0.3) is 15.9 Å². The van der Waals surface area contributed by atoms with Gasteiger partial charge in [-0.05, 0) is 35.9 Å². The number of carbonyl (C=O) groups excluding carboxylic acids is 2. The molecular formula is C21H18ClFN4O5S2. The van der Waals surface area contributed by atoms with Gasteiger partial charge in [0.2, 0.25) is 0 Å². The highest BCUT2D eigenvalue weighted by Crippen LogP contribution is 2.32. The van der Waals surface area contributed by atoms with Crippen LogP contribution in [0.1, 0.15) is 15.9 Å². The van der Waals surface area contributed by atoms with E-state index in [0.717, 1.165) is 17.4 Å². The van der Waals surface area contributed by atoms with Crippen molar-refractivity contribution in [2.45, 2.75) is 10.8 Å². The Morgan fingerprint density at radius 1 is 1.24 bits per heavy atom. The standard InChI is InChI=1S/C21H18ClFN4O5S2/c1-24-16-9-17-14(8-15(16)23)20(28)27(11-32-17)13-4-2-3-12(7-13)10-25-21(29)26-34(30,31)19-6-5-18(22)33-19/h2-9,24H,10-11H2,1H3,(H2,25,26,29). The third-order valence-electron chi connectivity index (χ3n) is 4.88. The van der Waals surface area contributed by atoms with Crippen LogP contribution in [0, 0.1) is 5.82 Å². The van der Waals surface area contributed by atoms with Crippen molar-refractivity contribution in [2.24, 2.45) is 0 Å². The molecule has 0 unspecified atom stereocenters. The summed E-state index contributed by atoms with van der Waals surface area (Å²) in [4.78, 5) is 26.4. The number of halogens is 2. The van der Waals surface area contributed by atoms with Crippen LogP contribution in [-0.2, 0) is 16.6 Å². The van der Waals surface area contributed by atoms with E-state index in [9.17, 15) is 22.4 Å². The fourth-order valence-corrected chi connectivity index (χ4v) is 5.64. The maximum atomic E-state index is 14.2. The number of nitrogens with zero attached hydrogens (tertiary/aromatic N) is 1. The summed E-state index contributed by atoms with van der Waals surface area (Å²) in [5.41, 5.74) is 1.37. The van der Waals surface area contributed by atoms with Crippen molar-refractivity contribution in [1.29, 1.82) is 0 Å². The normalized spacial score (nSPS) is 13.1. The number of ether oxygens (including phenoxy) is 1. The first kappa shape index (κ1) is 23.8. The Balaban J connectivity index is 1.44. The van der Waals surface area contributed by atoms with E-state index in [-0.39, 0.29) is 38.8 Å². The molecule has 34 heavy (non-hydrogen) atoms. The molecule has 0 bridgehead atoms. The molecule has 2 heterocycles. The fourth-order valence-electron chi connectivity index (χ4n) is 3.23. The molecule has 178 valence electrons. The van der Waals surface area contributed by atoms with E-state index in [0.29, 0.717) is 11.3 Å². The minimum absolute atomic E-state index is 0.0139. The van der Waals surface area contributed by atoms with Gasteiger partial charge in [0, 0.05) is 25.3 Å². The molecule has 0 radical (unpaired) electrons. The van der Waals surface area contributed by atoms with Gasteiger partial charge in [0.1, 0.15) is 15.8 Å². The molecular weight excluding hydrogens is 507 g/mol. The molecule has 3 N–H and O–H groups in total. The number of amides is 3. The third kappa shape index (κ3) is 4.93.